The Morgan fingerprint density at radius 1 is 0.976 bits per heavy atom. The van der Waals surface area contributed by atoms with Crippen LogP contribution in [0.1, 0.15) is 40.4 Å². The number of carbonyl (C=O) groups excluding carboxylic acids is 1. The lowest BCUT2D eigenvalue weighted by atomic mass is 10.00. The minimum Gasteiger partial charge on any atom is -0.396 e. The molecule has 8 nitrogen and oxygen atoms in total. The van der Waals surface area contributed by atoms with Crippen molar-refractivity contribution in [2.75, 3.05) is 30.3 Å². The first-order chi connectivity index (χ1) is 19.5. The van der Waals surface area contributed by atoms with Gasteiger partial charge in [0.1, 0.15) is 11.6 Å². The summed E-state index contributed by atoms with van der Waals surface area (Å²) >= 11 is 0. The van der Waals surface area contributed by atoms with E-state index in [9.17, 15) is 27.1 Å². The van der Waals surface area contributed by atoms with Crippen LogP contribution in [0.4, 0.5) is 14.5 Å². The molecule has 222 valence electrons. The summed E-state index contributed by atoms with van der Waals surface area (Å²) in [7, 11) is -3.68. The van der Waals surface area contributed by atoms with E-state index in [0.29, 0.717) is 6.54 Å². The predicted molar refractivity (Wildman–Crippen MR) is 155 cm³/mol. The second-order valence-electron chi connectivity index (χ2n) is 9.90. The Kier molecular flexibility index (Phi) is 11.8. The number of nitrogens with one attached hydrogen (secondary N) is 2. The average molecular weight is 590 g/mol. The van der Waals surface area contributed by atoms with Crippen molar-refractivity contribution in [3.05, 3.63) is 101 Å². The largest absolute Gasteiger partial charge is 0.396 e. The lowest BCUT2D eigenvalue weighted by Crippen LogP contribution is -2.48. The van der Waals surface area contributed by atoms with Crippen LogP contribution in [0.3, 0.4) is 0 Å². The molecule has 2 unspecified atom stereocenters. The fourth-order valence-electron chi connectivity index (χ4n) is 4.49. The number of halogens is 2. The number of hydrogen-bond donors (Lipinski definition) is 4. The van der Waals surface area contributed by atoms with Crippen LogP contribution in [0.5, 0.6) is 0 Å². The molecule has 0 aliphatic rings. The van der Waals surface area contributed by atoms with Crippen LogP contribution < -0.4 is 14.9 Å². The summed E-state index contributed by atoms with van der Waals surface area (Å²) in [4.78, 5) is 13.3. The van der Waals surface area contributed by atoms with Gasteiger partial charge in [-0.3, -0.25) is 9.10 Å². The van der Waals surface area contributed by atoms with E-state index in [1.165, 1.54) is 29.8 Å². The van der Waals surface area contributed by atoms with Gasteiger partial charge in [0.05, 0.1) is 24.1 Å². The number of benzene rings is 3. The number of sulfonamides is 1. The van der Waals surface area contributed by atoms with Crippen molar-refractivity contribution < 1.29 is 32.2 Å². The third kappa shape index (κ3) is 9.89. The number of carbonyl (C=O) groups is 1. The molecule has 0 aliphatic carbocycles. The summed E-state index contributed by atoms with van der Waals surface area (Å²) in [5.41, 5.74) is 2.83. The van der Waals surface area contributed by atoms with Crippen LogP contribution >= 0.6 is 0 Å². The van der Waals surface area contributed by atoms with Crippen molar-refractivity contribution in [1.82, 2.24) is 10.6 Å². The van der Waals surface area contributed by atoms with Crippen molar-refractivity contribution in [1.29, 1.82) is 0 Å². The molecule has 11 heteroatoms. The summed E-state index contributed by atoms with van der Waals surface area (Å²) in [6, 6.07) is 16.1. The van der Waals surface area contributed by atoms with E-state index in [2.05, 4.69) is 23.6 Å². The van der Waals surface area contributed by atoms with E-state index >= 15 is 0 Å². The zero-order chi connectivity index (χ0) is 30.0. The van der Waals surface area contributed by atoms with E-state index in [4.69, 9.17) is 5.11 Å². The molecular formula is C30H37F2N3O5S. The van der Waals surface area contributed by atoms with E-state index in [0.717, 1.165) is 40.7 Å². The quantitative estimate of drug-likeness (QED) is 0.216. The molecule has 1 amide bonds. The van der Waals surface area contributed by atoms with Crippen molar-refractivity contribution in [2.24, 2.45) is 0 Å². The molecule has 0 aromatic heterocycles. The van der Waals surface area contributed by atoms with Gasteiger partial charge in [-0.15, -0.1) is 0 Å². The first kappa shape index (κ1) is 32.1. The normalized spacial score (nSPS) is 13.0. The number of aliphatic hydroxyl groups is 2. The average Bonchev–Trinajstić information content (AvgIpc) is 2.92. The molecule has 4 N–H and O–H groups in total. The molecular weight excluding hydrogens is 552 g/mol. The molecule has 0 saturated carbocycles. The van der Waals surface area contributed by atoms with Gasteiger partial charge in [-0.1, -0.05) is 37.3 Å². The Balaban J connectivity index is 1.79. The Hall–Kier alpha value is -3.38. The second kappa shape index (κ2) is 15.0. The molecule has 0 bridgehead atoms. The molecule has 3 rings (SSSR count). The third-order valence-electron chi connectivity index (χ3n) is 6.56. The van der Waals surface area contributed by atoms with Gasteiger partial charge in [-0.05, 0) is 66.3 Å². The summed E-state index contributed by atoms with van der Waals surface area (Å²) in [6.45, 7) is 2.44. The zero-order valence-corrected chi connectivity index (χ0v) is 24.0. The zero-order valence-electron chi connectivity index (χ0n) is 23.2. The standard InChI is InChI=1S/C30H37F2N3O5S/c1-3-21-7-4-8-22(13-21)19-33-20-29(37)28(16-23-14-25(31)18-26(32)15-23)34-30(38)24-9-5-10-27(17-24)35(11-6-12-36)41(2,39)40/h4-5,7-10,13-15,17-18,28-29,33,36-37H,3,6,11-12,16,19-20H2,1-2H3,(H,34,38). The lowest BCUT2D eigenvalue weighted by molar-refractivity contribution is 0.0830. The number of amides is 1. The van der Waals surface area contributed by atoms with E-state index in [1.807, 2.05) is 18.2 Å². The Labute approximate surface area is 240 Å². The fourth-order valence-corrected chi connectivity index (χ4v) is 5.44. The van der Waals surface area contributed by atoms with Crippen LogP contribution in [0.25, 0.3) is 0 Å². The van der Waals surface area contributed by atoms with Crippen molar-refractivity contribution in [3.8, 4) is 0 Å². The monoisotopic (exact) mass is 589 g/mol. The maximum Gasteiger partial charge on any atom is 0.251 e. The highest BCUT2D eigenvalue weighted by molar-refractivity contribution is 7.92. The Morgan fingerprint density at radius 2 is 1.66 bits per heavy atom. The summed E-state index contributed by atoms with van der Waals surface area (Å²) in [6.07, 6.45) is 0.949. The number of hydrogen-bond acceptors (Lipinski definition) is 6. The predicted octanol–water partition coefficient (Wildman–Crippen LogP) is 3.17. The van der Waals surface area contributed by atoms with Gasteiger partial charge < -0.3 is 20.8 Å². The fraction of sp³-hybridized carbons (Fsp3) is 0.367. The topological polar surface area (TPSA) is 119 Å². The maximum absolute atomic E-state index is 13.9. The van der Waals surface area contributed by atoms with Crippen LogP contribution in [0.15, 0.2) is 66.7 Å². The van der Waals surface area contributed by atoms with Crippen LogP contribution in [-0.2, 0) is 29.4 Å². The highest BCUT2D eigenvalue weighted by Gasteiger charge is 2.24. The maximum atomic E-state index is 13.9. The third-order valence-corrected chi connectivity index (χ3v) is 7.75. The lowest BCUT2D eigenvalue weighted by Gasteiger charge is -2.26. The summed E-state index contributed by atoms with van der Waals surface area (Å²) in [5, 5.41) is 26.1. The first-order valence-electron chi connectivity index (χ1n) is 13.4. The smallest absolute Gasteiger partial charge is 0.251 e. The molecule has 0 saturated heterocycles. The van der Waals surface area contributed by atoms with Gasteiger partial charge >= 0.3 is 0 Å². The summed E-state index contributed by atoms with van der Waals surface area (Å²) in [5.74, 6) is -2.14. The molecule has 0 heterocycles. The van der Waals surface area contributed by atoms with E-state index in [1.54, 1.807) is 0 Å². The number of aliphatic hydroxyl groups excluding tert-OH is 2. The van der Waals surface area contributed by atoms with Crippen LogP contribution in [0.2, 0.25) is 0 Å². The van der Waals surface area contributed by atoms with Crippen LogP contribution in [0, 0.1) is 11.6 Å². The highest BCUT2D eigenvalue weighted by Crippen LogP contribution is 2.20. The number of anilines is 1. The number of nitrogens with zero attached hydrogens (tertiary/aromatic N) is 1. The minimum absolute atomic E-state index is 0.0275. The van der Waals surface area contributed by atoms with Gasteiger partial charge in [-0.2, -0.15) is 0 Å². The number of aryl methyl sites for hydroxylation is 1. The highest BCUT2D eigenvalue weighted by atomic mass is 32.2. The molecule has 41 heavy (non-hydrogen) atoms. The van der Waals surface area contributed by atoms with Crippen molar-refractivity contribution in [2.45, 2.75) is 44.9 Å². The molecule has 0 spiro atoms. The van der Waals surface area contributed by atoms with Gasteiger partial charge in [0.25, 0.3) is 5.91 Å². The minimum atomic E-state index is -3.68. The Morgan fingerprint density at radius 3 is 2.32 bits per heavy atom. The van der Waals surface area contributed by atoms with Gasteiger partial charge in [-0.25, -0.2) is 17.2 Å². The Bertz CT molecular complexity index is 1400. The van der Waals surface area contributed by atoms with Crippen molar-refractivity contribution >= 4 is 21.6 Å². The van der Waals surface area contributed by atoms with Gasteiger partial charge in [0.15, 0.2) is 0 Å². The molecule has 0 aliphatic heterocycles. The second-order valence-corrected chi connectivity index (χ2v) is 11.8. The molecule has 0 fully saturated rings. The number of rotatable bonds is 15. The molecule has 2 atom stereocenters. The van der Waals surface area contributed by atoms with E-state index in [-0.39, 0.29) is 49.4 Å². The van der Waals surface area contributed by atoms with Gasteiger partial charge in [0, 0.05) is 37.9 Å². The first-order valence-corrected chi connectivity index (χ1v) is 15.3. The van der Waals surface area contributed by atoms with Gasteiger partial charge in [0.2, 0.25) is 10.0 Å². The van der Waals surface area contributed by atoms with E-state index < -0.39 is 39.7 Å². The SMILES string of the molecule is CCc1cccc(CNCC(O)C(Cc2cc(F)cc(F)c2)NC(=O)c2cccc(N(CCCO)S(C)(=O)=O)c2)c1. The van der Waals surface area contributed by atoms with Crippen molar-refractivity contribution in [3.63, 3.8) is 0 Å². The molecule has 3 aromatic carbocycles. The van der Waals surface area contributed by atoms with Crippen LogP contribution in [-0.4, -0.2) is 62.6 Å². The summed E-state index contributed by atoms with van der Waals surface area (Å²) < 4.78 is 53.5. The molecule has 0 radical (unpaired) electrons. The molecule has 3 aromatic rings.